The van der Waals surface area contributed by atoms with Crippen molar-refractivity contribution >= 4 is 34.4 Å². The standard InChI is InChI=1S/C26H22F3N5O5S/c1-2-38-17-5-7-18(8-6-17)39-19-11-15(10-16(12-19)34(36)37)31-25(35)20-14-30-33-23(26(27,28)29)13-21(32-24(20)33)22-4-3-9-40-22/h3-12,14,21,23,32H,2,13H2,1H3,(H,31,35)/t21-,23+/m0/s1. The first-order valence-electron chi connectivity index (χ1n) is 12.1. The Morgan fingerprint density at radius 2 is 1.95 bits per heavy atom. The molecule has 1 amide bonds. The van der Waals surface area contributed by atoms with Crippen LogP contribution in [0.15, 0.2) is 66.2 Å². The molecule has 208 valence electrons. The molecule has 0 unspecified atom stereocenters. The van der Waals surface area contributed by atoms with Gasteiger partial charge in [-0.15, -0.1) is 11.3 Å². The van der Waals surface area contributed by atoms with Crippen LogP contribution in [0.4, 0.5) is 30.4 Å². The number of nitro groups is 1. The van der Waals surface area contributed by atoms with Crippen LogP contribution in [-0.4, -0.2) is 33.4 Å². The number of nitro benzene ring substituents is 1. The van der Waals surface area contributed by atoms with Crippen LogP contribution in [0.3, 0.4) is 0 Å². The zero-order valence-corrected chi connectivity index (χ0v) is 21.7. The average Bonchev–Trinajstić information content (AvgIpc) is 3.59. The summed E-state index contributed by atoms with van der Waals surface area (Å²) in [4.78, 5) is 24.8. The van der Waals surface area contributed by atoms with Gasteiger partial charge >= 0.3 is 6.18 Å². The number of amides is 1. The van der Waals surface area contributed by atoms with E-state index in [-0.39, 0.29) is 34.9 Å². The molecule has 0 radical (unpaired) electrons. The van der Waals surface area contributed by atoms with E-state index in [0.29, 0.717) is 23.0 Å². The average molecular weight is 574 g/mol. The van der Waals surface area contributed by atoms with Crippen molar-refractivity contribution in [2.24, 2.45) is 0 Å². The van der Waals surface area contributed by atoms with Gasteiger partial charge in [0.1, 0.15) is 28.6 Å². The fourth-order valence-corrected chi connectivity index (χ4v) is 5.12. The van der Waals surface area contributed by atoms with Gasteiger partial charge in [-0.3, -0.25) is 14.9 Å². The molecule has 5 rings (SSSR count). The highest BCUT2D eigenvalue weighted by Gasteiger charge is 2.47. The van der Waals surface area contributed by atoms with Gasteiger partial charge in [0.05, 0.1) is 35.5 Å². The molecule has 40 heavy (non-hydrogen) atoms. The number of carbonyl (C=O) groups excluding carboxylic acids is 1. The molecule has 2 atom stereocenters. The third-order valence-corrected chi connectivity index (χ3v) is 7.09. The normalized spacial score (nSPS) is 16.5. The zero-order valence-electron chi connectivity index (χ0n) is 20.8. The number of ether oxygens (including phenoxy) is 2. The highest BCUT2D eigenvalue weighted by Crippen LogP contribution is 2.45. The summed E-state index contributed by atoms with van der Waals surface area (Å²) in [5.41, 5.74) is -0.488. The Labute approximate surface area is 229 Å². The van der Waals surface area contributed by atoms with Crippen LogP contribution in [-0.2, 0) is 0 Å². The second-order valence-electron chi connectivity index (χ2n) is 8.79. The van der Waals surface area contributed by atoms with Crippen molar-refractivity contribution in [2.45, 2.75) is 31.6 Å². The van der Waals surface area contributed by atoms with Gasteiger partial charge in [0.2, 0.25) is 0 Å². The lowest BCUT2D eigenvalue weighted by molar-refractivity contribution is -0.384. The van der Waals surface area contributed by atoms with E-state index in [9.17, 15) is 28.1 Å². The number of aromatic nitrogens is 2. The number of alkyl halides is 3. The molecule has 0 fully saturated rings. The van der Waals surface area contributed by atoms with Crippen molar-refractivity contribution in [3.05, 3.63) is 86.7 Å². The van der Waals surface area contributed by atoms with E-state index >= 15 is 0 Å². The molecule has 0 spiro atoms. The van der Waals surface area contributed by atoms with Gasteiger partial charge in [-0.1, -0.05) is 6.07 Å². The number of nitrogens with one attached hydrogen (secondary N) is 2. The maximum absolute atomic E-state index is 13.9. The van der Waals surface area contributed by atoms with Crippen LogP contribution in [0.5, 0.6) is 17.2 Å². The molecule has 2 N–H and O–H groups in total. The van der Waals surface area contributed by atoms with Crippen molar-refractivity contribution in [1.29, 1.82) is 0 Å². The molecular weight excluding hydrogens is 551 g/mol. The second-order valence-corrected chi connectivity index (χ2v) is 9.77. The number of non-ortho nitro benzene ring substituents is 1. The van der Waals surface area contributed by atoms with Crippen LogP contribution < -0.4 is 20.1 Å². The van der Waals surface area contributed by atoms with Gasteiger partial charge in [-0.25, -0.2) is 4.68 Å². The van der Waals surface area contributed by atoms with Gasteiger partial charge in [0.25, 0.3) is 11.6 Å². The van der Waals surface area contributed by atoms with Crippen LogP contribution in [0.1, 0.15) is 40.7 Å². The molecule has 1 aliphatic rings. The minimum atomic E-state index is -4.60. The van der Waals surface area contributed by atoms with Crippen molar-refractivity contribution in [3.63, 3.8) is 0 Å². The number of nitrogens with zero attached hydrogens (tertiary/aromatic N) is 3. The second kappa shape index (κ2) is 10.9. The molecule has 2 aromatic heterocycles. The van der Waals surface area contributed by atoms with E-state index in [2.05, 4.69) is 15.7 Å². The minimum absolute atomic E-state index is 0.0121. The van der Waals surface area contributed by atoms with Crippen LogP contribution in [0.2, 0.25) is 0 Å². The summed E-state index contributed by atoms with van der Waals surface area (Å²) in [5, 5.41) is 22.7. The molecule has 3 heterocycles. The van der Waals surface area contributed by atoms with Gasteiger partial charge in [-0.2, -0.15) is 18.3 Å². The Hall–Kier alpha value is -4.59. The van der Waals surface area contributed by atoms with E-state index < -0.39 is 29.1 Å². The number of hydrogen-bond donors (Lipinski definition) is 2. The SMILES string of the molecule is CCOc1ccc(Oc2cc(NC(=O)c3cnn4c3N[C@H](c3cccs3)C[C@@H]4C(F)(F)F)cc([N+](=O)[O-])c2)cc1. The number of benzene rings is 2. The predicted octanol–water partition coefficient (Wildman–Crippen LogP) is 6.96. The Balaban J connectivity index is 1.42. The lowest BCUT2D eigenvalue weighted by Crippen LogP contribution is -2.36. The molecule has 4 aromatic rings. The first-order valence-corrected chi connectivity index (χ1v) is 13.0. The summed E-state index contributed by atoms with van der Waals surface area (Å²) in [5.74, 6) is 0.163. The van der Waals surface area contributed by atoms with Crippen molar-refractivity contribution in [2.75, 3.05) is 17.2 Å². The summed E-state index contributed by atoms with van der Waals surface area (Å²) in [6.45, 7) is 2.33. The zero-order chi connectivity index (χ0) is 28.4. The molecule has 0 saturated carbocycles. The maximum Gasteiger partial charge on any atom is 0.410 e. The summed E-state index contributed by atoms with van der Waals surface area (Å²) < 4.78 is 53.7. The molecule has 10 nitrogen and oxygen atoms in total. The third kappa shape index (κ3) is 5.71. The minimum Gasteiger partial charge on any atom is -0.494 e. The fraction of sp³-hybridized carbons (Fsp3) is 0.231. The van der Waals surface area contributed by atoms with E-state index in [4.69, 9.17) is 9.47 Å². The fourth-order valence-electron chi connectivity index (χ4n) is 4.33. The summed E-state index contributed by atoms with van der Waals surface area (Å²) in [6, 6.07) is 11.1. The molecule has 1 aliphatic heterocycles. The quantitative estimate of drug-likeness (QED) is 0.173. The first-order chi connectivity index (χ1) is 19.1. The molecule has 0 aliphatic carbocycles. The first kappa shape index (κ1) is 27.0. The van der Waals surface area contributed by atoms with Gasteiger partial charge < -0.3 is 20.1 Å². The monoisotopic (exact) mass is 573 g/mol. The summed E-state index contributed by atoms with van der Waals surface area (Å²) in [6.07, 6.45) is -3.85. The maximum atomic E-state index is 13.9. The summed E-state index contributed by atoms with van der Waals surface area (Å²) >= 11 is 1.30. The number of rotatable bonds is 8. The lowest BCUT2D eigenvalue weighted by atomic mass is 10.0. The number of anilines is 2. The number of hydrogen-bond acceptors (Lipinski definition) is 8. The van der Waals surface area contributed by atoms with Crippen LogP contribution >= 0.6 is 11.3 Å². The molecule has 0 saturated heterocycles. The van der Waals surface area contributed by atoms with E-state index in [0.717, 1.165) is 16.9 Å². The van der Waals surface area contributed by atoms with Crippen LogP contribution in [0.25, 0.3) is 0 Å². The molecular formula is C26H22F3N5O5S. The Kier molecular flexibility index (Phi) is 7.34. The highest BCUT2D eigenvalue weighted by molar-refractivity contribution is 7.10. The van der Waals surface area contributed by atoms with E-state index in [1.165, 1.54) is 23.5 Å². The lowest BCUT2D eigenvalue weighted by Gasteiger charge is -2.33. The van der Waals surface area contributed by atoms with Crippen molar-refractivity contribution < 1.29 is 32.4 Å². The Bertz CT molecular complexity index is 1520. The third-order valence-electron chi connectivity index (χ3n) is 6.10. The molecule has 0 bridgehead atoms. The number of halogens is 3. The largest absolute Gasteiger partial charge is 0.494 e. The Morgan fingerprint density at radius 1 is 1.20 bits per heavy atom. The smallest absolute Gasteiger partial charge is 0.410 e. The number of carbonyl (C=O) groups is 1. The van der Waals surface area contributed by atoms with Gasteiger partial charge in [0, 0.05) is 23.4 Å². The highest BCUT2D eigenvalue weighted by atomic mass is 32.1. The van der Waals surface area contributed by atoms with Gasteiger partial charge in [0.15, 0.2) is 6.04 Å². The predicted molar refractivity (Wildman–Crippen MR) is 141 cm³/mol. The summed E-state index contributed by atoms with van der Waals surface area (Å²) in [7, 11) is 0. The molecule has 2 aromatic carbocycles. The number of fused-ring (bicyclic) bond motifs is 1. The topological polar surface area (TPSA) is 121 Å². The van der Waals surface area contributed by atoms with E-state index in [1.807, 2.05) is 6.92 Å². The Morgan fingerprint density at radius 3 is 2.60 bits per heavy atom. The van der Waals surface area contributed by atoms with Crippen molar-refractivity contribution in [3.8, 4) is 17.2 Å². The number of thiophene rings is 1. The van der Waals surface area contributed by atoms with Crippen molar-refractivity contribution in [1.82, 2.24) is 9.78 Å². The van der Waals surface area contributed by atoms with Gasteiger partial charge in [-0.05, 0) is 42.6 Å². The van der Waals surface area contributed by atoms with Crippen LogP contribution in [0, 0.1) is 10.1 Å². The molecule has 14 heteroatoms. The van der Waals surface area contributed by atoms with E-state index in [1.54, 1.807) is 41.8 Å².